The van der Waals surface area contributed by atoms with Gasteiger partial charge in [-0.25, -0.2) is 0 Å². The Morgan fingerprint density at radius 1 is 0.316 bits per heavy atom. The predicted molar refractivity (Wildman–Crippen MR) is 237 cm³/mol. The first-order chi connectivity index (χ1) is 28.2. The van der Waals surface area contributed by atoms with Crippen LogP contribution >= 0.6 is 0 Å². The molecular formula is C53H32N2O2. The molecule has 4 nitrogen and oxygen atoms in total. The molecular weight excluding hydrogens is 697 g/mol. The molecule has 0 amide bonds. The summed E-state index contributed by atoms with van der Waals surface area (Å²) in [5.74, 6) is 0. The van der Waals surface area contributed by atoms with E-state index >= 15 is 0 Å². The fraction of sp³-hybridized carbons (Fsp3) is 0. The number of pyridine rings is 1. The average molecular weight is 729 g/mol. The number of anilines is 3. The second-order valence-electron chi connectivity index (χ2n) is 14.8. The molecule has 0 saturated carbocycles. The number of hydrogen-bond donors (Lipinski definition) is 0. The Bertz CT molecular complexity index is 3370. The van der Waals surface area contributed by atoms with Crippen LogP contribution < -0.4 is 4.90 Å². The van der Waals surface area contributed by atoms with Crippen molar-refractivity contribution in [3.05, 3.63) is 194 Å². The molecule has 0 N–H and O–H groups in total. The van der Waals surface area contributed by atoms with Crippen LogP contribution in [-0.4, -0.2) is 4.98 Å². The Hall–Kier alpha value is -7.69. The summed E-state index contributed by atoms with van der Waals surface area (Å²) in [6.45, 7) is 0. The van der Waals surface area contributed by atoms with Crippen molar-refractivity contribution in [3.8, 4) is 22.3 Å². The summed E-state index contributed by atoms with van der Waals surface area (Å²) in [5, 5.41) is 10.3. The van der Waals surface area contributed by atoms with Crippen LogP contribution in [0.25, 0.3) is 98.6 Å². The van der Waals surface area contributed by atoms with Crippen molar-refractivity contribution in [1.29, 1.82) is 0 Å². The van der Waals surface area contributed by atoms with Crippen molar-refractivity contribution < 1.29 is 8.83 Å². The normalized spacial score (nSPS) is 11.9. The maximum Gasteiger partial charge on any atom is 0.137 e. The summed E-state index contributed by atoms with van der Waals surface area (Å²) in [6.07, 6.45) is 1.84. The van der Waals surface area contributed by atoms with E-state index in [4.69, 9.17) is 8.83 Å². The molecule has 9 aromatic carbocycles. The molecule has 266 valence electrons. The standard InChI is InChI=1S/C53H32N2O2/c1-3-8-39-29-50-47(26-37(39)6-1)45-23-21-43(31-52(45)56-50)55(44-22-24-46-48-27-38-7-2-4-9-40(38)30-51(48)57-53(46)32-44)42-19-17-34(18-20-42)33-11-13-35(14-12-33)41-16-15-36-10-5-25-54-49(36)28-41/h1-32H. The van der Waals surface area contributed by atoms with Crippen molar-refractivity contribution in [2.45, 2.75) is 0 Å². The van der Waals surface area contributed by atoms with Crippen molar-refractivity contribution in [3.63, 3.8) is 0 Å². The quantitative estimate of drug-likeness (QED) is 0.177. The van der Waals surface area contributed by atoms with Crippen LogP contribution in [0.15, 0.2) is 203 Å². The fourth-order valence-electron chi connectivity index (χ4n) is 8.53. The van der Waals surface area contributed by atoms with Crippen LogP contribution in [0.2, 0.25) is 0 Å². The van der Waals surface area contributed by atoms with Crippen LogP contribution in [0.5, 0.6) is 0 Å². The summed E-state index contributed by atoms with van der Waals surface area (Å²) in [7, 11) is 0. The number of nitrogens with zero attached hydrogens (tertiary/aromatic N) is 2. The van der Waals surface area contributed by atoms with E-state index in [2.05, 4.69) is 192 Å². The van der Waals surface area contributed by atoms with E-state index in [-0.39, 0.29) is 0 Å². The van der Waals surface area contributed by atoms with Gasteiger partial charge in [0.1, 0.15) is 22.3 Å². The number of fused-ring (bicyclic) bond motifs is 9. The SMILES string of the molecule is c1ccc2cc3c(cc2c1)oc1cc(N(c2ccc(-c4ccc(-c5ccc6cccnc6c5)cc4)cc2)c2ccc4c(c2)oc2cc5ccccc5cc24)ccc13. The van der Waals surface area contributed by atoms with Crippen molar-refractivity contribution >= 4 is 93.4 Å². The Labute approximate surface area is 327 Å². The summed E-state index contributed by atoms with van der Waals surface area (Å²) in [6, 6.07) is 66.8. The van der Waals surface area contributed by atoms with E-state index in [1.165, 1.54) is 21.5 Å². The lowest BCUT2D eigenvalue weighted by atomic mass is 9.99. The summed E-state index contributed by atoms with van der Waals surface area (Å²) >= 11 is 0. The molecule has 0 unspecified atom stereocenters. The van der Waals surface area contributed by atoms with Crippen molar-refractivity contribution in [1.82, 2.24) is 4.98 Å². The summed E-state index contributed by atoms with van der Waals surface area (Å²) < 4.78 is 13.1. The molecule has 0 saturated heterocycles. The van der Waals surface area contributed by atoms with Gasteiger partial charge in [-0.3, -0.25) is 4.98 Å². The van der Waals surface area contributed by atoms with E-state index in [0.29, 0.717) is 0 Å². The molecule has 0 atom stereocenters. The topological polar surface area (TPSA) is 42.4 Å². The Morgan fingerprint density at radius 3 is 1.32 bits per heavy atom. The predicted octanol–water partition coefficient (Wildman–Crippen LogP) is 15.1. The molecule has 0 aliphatic rings. The van der Waals surface area contributed by atoms with Crippen LogP contribution in [0.1, 0.15) is 0 Å². The lowest BCUT2D eigenvalue weighted by molar-refractivity contribution is 0.669. The first kappa shape index (κ1) is 31.6. The largest absolute Gasteiger partial charge is 0.456 e. The molecule has 0 aliphatic carbocycles. The van der Waals surface area contributed by atoms with Gasteiger partial charge < -0.3 is 13.7 Å². The van der Waals surface area contributed by atoms with Crippen molar-refractivity contribution in [2.24, 2.45) is 0 Å². The van der Waals surface area contributed by atoms with E-state index in [1.807, 2.05) is 12.3 Å². The molecule has 4 heteroatoms. The molecule has 0 radical (unpaired) electrons. The van der Waals surface area contributed by atoms with Gasteiger partial charge in [-0.15, -0.1) is 0 Å². The maximum absolute atomic E-state index is 6.56. The smallest absolute Gasteiger partial charge is 0.137 e. The third-order valence-electron chi connectivity index (χ3n) is 11.4. The Balaban J connectivity index is 0.957. The van der Waals surface area contributed by atoms with E-state index in [9.17, 15) is 0 Å². The van der Waals surface area contributed by atoms with Gasteiger partial charge in [0.25, 0.3) is 0 Å². The molecule has 12 rings (SSSR count). The fourth-order valence-corrected chi connectivity index (χ4v) is 8.53. The molecule has 3 aromatic heterocycles. The molecule has 0 bridgehead atoms. The van der Waals surface area contributed by atoms with E-state index < -0.39 is 0 Å². The molecule has 0 aliphatic heterocycles. The number of hydrogen-bond acceptors (Lipinski definition) is 4. The second kappa shape index (κ2) is 12.4. The second-order valence-corrected chi connectivity index (χ2v) is 14.8. The Morgan fingerprint density at radius 2 is 0.754 bits per heavy atom. The van der Waals surface area contributed by atoms with Gasteiger partial charge in [-0.05, 0) is 117 Å². The lowest BCUT2D eigenvalue weighted by Gasteiger charge is -2.25. The molecule has 57 heavy (non-hydrogen) atoms. The monoisotopic (exact) mass is 728 g/mol. The zero-order valence-corrected chi connectivity index (χ0v) is 30.7. The zero-order chi connectivity index (χ0) is 37.5. The molecule has 3 heterocycles. The first-order valence-electron chi connectivity index (χ1n) is 19.2. The summed E-state index contributed by atoms with van der Waals surface area (Å²) in [5.41, 5.74) is 12.1. The van der Waals surface area contributed by atoms with Crippen molar-refractivity contribution in [2.75, 3.05) is 4.90 Å². The highest BCUT2D eigenvalue weighted by atomic mass is 16.3. The molecule has 0 fully saturated rings. The van der Waals surface area contributed by atoms with Gasteiger partial charge in [0.05, 0.1) is 5.52 Å². The third-order valence-corrected chi connectivity index (χ3v) is 11.4. The zero-order valence-electron chi connectivity index (χ0n) is 30.7. The highest BCUT2D eigenvalue weighted by Gasteiger charge is 2.18. The van der Waals surface area contributed by atoms with Gasteiger partial charge in [0, 0.05) is 62.3 Å². The minimum Gasteiger partial charge on any atom is -0.456 e. The third kappa shape index (κ3) is 5.26. The number of rotatable bonds is 5. The molecule has 0 spiro atoms. The maximum atomic E-state index is 6.56. The molecule has 12 aromatic rings. The number of aromatic nitrogens is 1. The Kier molecular flexibility index (Phi) is 6.89. The van der Waals surface area contributed by atoms with Gasteiger partial charge in [0.15, 0.2) is 0 Å². The minimum atomic E-state index is 0.846. The highest BCUT2D eigenvalue weighted by molar-refractivity contribution is 6.12. The van der Waals surface area contributed by atoms with Crippen LogP contribution in [0.4, 0.5) is 17.1 Å². The van der Waals surface area contributed by atoms with Gasteiger partial charge in [-0.2, -0.15) is 0 Å². The first-order valence-corrected chi connectivity index (χ1v) is 19.2. The van der Waals surface area contributed by atoms with Gasteiger partial charge >= 0.3 is 0 Å². The number of benzene rings is 9. The van der Waals surface area contributed by atoms with Crippen LogP contribution in [0, 0.1) is 0 Å². The van der Waals surface area contributed by atoms with E-state index in [0.717, 1.165) is 94.1 Å². The van der Waals surface area contributed by atoms with Gasteiger partial charge in [0.2, 0.25) is 0 Å². The van der Waals surface area contributed by atoms with Gasteiger partial charge in [-0.1, -0.05) is 103 Å². The number of furan rings is 2. The minimum absolute atomic E-state index is 0.846. The average Bonchev–Trinajstić information content (AvgIpc) is 3.81. The highest BCUT2D eigenvalue weighted by Crippen LogP contribution is 2.42. The summed E-state index contributed by atoms with van der Waals surface area (Å²) in [4.78, 5) is 6.84. The van der Waals surface area contributed by atoms with E-state index in [1.54, 1.807) is 0 Å². The van der Waals surface area contributed by atoms with Crippen LogP contribution in [0.3, 0.4) is 0 Å². The lowest BCUT2D eigenvalue weighted by Crippen LogP contribution is -2.09. The van der Waals surface area contributed by atoms with Crippen LogP contribution in [-0.2, 0) is 0 Å².